The van der Waals surface area contributed by atoms with Crippen LogP contribution in [0.1, 0.15) is 29.9 Å². The number of likely N-dealkylation sites (N-methyl/N-ethyl adjacent to an activating group) is 1. The highest BCUT2D eigenvalue weighted by Gasteiger charge is 2.25. The van der Waals surface area contributed by atoms with Crippen LogP contribution in [0.15, 0.2) is 60.0 Å². The number of carbonyl (C=O) groups is 1. The zero-order valence-corrected chi connectivity index (χ0v) is 21.4. The molecule has 4 heterocycles. The van der Waals surface area contributed by atoms with Crippen molar-refractivity contribution < 1.29 is 4.79 Å². The van der Waals surface area contributed by atoms with Crippen LogP contribution in [0, 0.1) is 6.92 Å². The van der Waals surface area contributed by atoms with Gasteiger partial charge in [0.05, 0.1) is 17.6 Å². The van der Waals surface area contributed by atoms with Gasteiger partial charge in [-0.3, -0.25) is 9.59 Å². The molecular formula is C28H31N7O2. The molecule has 1 aliphatic heterocycles. The fraction of sp³-hybridized carbons (Fsp3) is 0.321. The molecule has 2 N–H and O–H groups in total. The van der Waals surface area contributed by atoms with Gasteiger partial charge in [-0.2, -0.15) is 0 Å². The lowest BCUT2D eigenvalue weighted by atomic mass is 9.86. The van der Waals surface area contributed by atoms with Crippen LogP contribution >= 0.6 is 0 Å². The number of nitrogens with one attached hydrogen (secondary N) is 2. The Hall–Kier alpha value is -4.11. The predicted octanol–water partition coefficient (Wildman–Crippen LogP) is 3.70. The van der Waals surface area contributed by atoms with Crippen molar-refractivity contribution in [3.63, 3.8) is 0 Å². The zero-order valence-electron chi connectivity index (χ0n) is 21.4. The zero-order chi connectivity index (χ0) is 25.9. The van der Waals surface area contributed by atoms with Crippen molar-refractivity contribution in [2.45, 2.75) is 25.7 Å². The van der Waals surface area contributed by atoms with E-state index in [2.05, 4.69) is 39.3 Å². The SMILES string of the molecule is Cc1cc(Nc2nc(-c3cncnc3)cc3cc[nH]c(=O)c23)ccc1C1CCN(C(=O)CN(C)C)CC1. The highest BCUT2D eigenvalue weighted by molar-refractivity contribution is 5.95. The number of hydrogen-bond acceptors (Lipinski definition) is 7. The summed E-state index contributed by atoms with van der Waals surface area (Å²) in [4.78, 5) is 44.7. The summed E-state index contributed by atoms with van der Waals surface area (Å²) in [6, 6.07) is 10.0. The Morgan fingerprint density at radius 3 is 2.59 bits per heavy atom. The van der Waals surface area contributed by atoms with Gasteiger partial charge in [-0.05, 0) is 80.6 Å². The normalized spacial score (nSPS) is 14.3. The van der Waals surface area contributed by atoms with Crippen LogP contribution in [-0.2, 0) is 4.79 Å². The largest absolute Gasteiger partial charge is 0.342 e. The molecule has 1 aromatic carbocycles. The molecule has 1 fully saturated rings. The van der Waals surface area contributed by atoms with Gasteiger partial charge in [0, 0.05) is 42.9 Å². The number of carbonyl (C=O) groups excluding carboxylic acids is 1. The molecule has 0 bridgehead atoms. The van der Waals surface area contributed by atoms with Gasteiger partial charge in [0.15, 0.2) is 0 Å². The Balaban J connectivity index is 1.39. The Morgan fingerprint density at radius 1 is 1.14 bits per heavy atom. The number of rotatable bonds is 6. The number of benzene rings is 1. The second kappa shape index (κ2) is 10.5. The molecule has 1 aliphatic rings. The van der Waals surface area contributed by atoms with Crippen molar-refractivity contribution in [3.05, 3.63) is 76.7 Å². The van der Waals surface area contributed by atoms with Crippen LogP contribution in [0.25, 0.3) is 22.0 Å². The molecule has 0 spiro atoms. The first-order valence-corrected chi connectivity index (χ1v) is 12.5. The minimum atomic E-state index is -0.202. The maximum absolute atomic E-state index is 12.7. The molecule has 1 saturated heterocycles. The van der Waals surface area contributed by atoms with Crippen molar-refractivity contribution in [2.24, 2.45) is 0 Å². The summed E-state index contributed by atoms with van der Waals surface area (Å²) >= 11 is 0. The number of piperidine rings is 1. The maximum Gasteiger partial charge on any atom is 0.259 e. The predicted molar refractivity (Wildman–Crippen MR) is 145 cm³/mol. The third-order valence-electron chi connectivity index (χ3n) is 6.88. The van der Waals surface area contributed by atoms with Crippen molar-refractivity contribution in [1.82, 2.24) is 29.7 Å². The van der Waals surface area contributed by atoms with Crippen LogP contribution in [0.2, 0.25) is 0 Å². The minimum Gasteiger partial charge on any atom is -0.342 e. The second-order valence-corrected chi connectivity index (χ2v) is 9.84. The third kappa shape index (κ3) is 5.36. The van der Waals surface area contributed by atoms with E-state index >= 15 is 0 Å². The van der Waals surface area contributed by atoms with Gasteiger partial charge < -0.3 is 20.1 Å². The number of aromatic nitrogens is 4. The van der Waals surface area contributed by atoms with E-state index in [1.54, 1.807) is 18.6 Å². The van der Waals surface area contributed by atoms with Crippen molar-refractivity contribution in [3.8, 4) is 11.3 Å². The molecule has 0 saturated carbocycles. The van der Waals surface area contributed by atoms with Gasteiger partial charge in [0.1, 0.15) is 12.1 Å². The van der Waals surface area contributed by atoms with E-state index in [0.29, 0.717) is 29.4 Å². The van der Waals surface area contributed by atoms with Crippen LogP contribution in [0.5, 0.6) is 0 Å². The molecule has 4 aromatic rings. The summed E-state index contributed by atoms with van der Waals surface area (Å²) in [5.41, 5.74) is 4.59. The first-order chi connectivity index (χ1) is 17.9. The lowest BCUT2D eigenvalue weighted by Gasteiger charge is -2.33. The summed E-state index contributed by atoms with van der Waals surface area (Å²) in [5, 5.41) is 4.66. The van der Waals surface area contributed by atoms with E-state index in [9.17, 15) is 9.59 Å². The Morgan fingerprint density at radius 2 is 1.89 bits per heavy atom. The molecular weight excluding hydrogens is 466 g/mol. The first-order valence-electron chi connectivity index (χ1n) is 12.5. The molecule has 1 amide bonds. The van der Waals surface area contributed by atoms with Gasteiger partial charge in [0.2, 0.25) is 5.91 Å². The van der Waals surface area contributed by atoms with Crippen LogP contribution in [0.3, 0.4) is 0 Å². The summed E-state index contributed by atoms with van der Waals surface area (Å²) in [6.45, 7) is 4.13. The molecule has 0 radical (unpaired) electrons. The monoisotopic (exact) mass is 497 g/mol. The lowest BCUT2D eigenvalue weighted by Crippen LogP contribution is -2.42. The topological polar surface area (TPSA) is 107 Å². The molecule has 5 rings (SSSR count). The van der Waals surface area contributed by atoms with Gasteiger partial charge in [-0.25, -0.2) is 15.0 Å². The highest BCUT2D eigenvalue weighted by atomic mass is 16.2. The minimum absolute atomic E-state index is 0.193. The molecule has 0 atom stereocenters. The average molecular weight is 498 g/mol. The molecule has 0 aliphatic carbocycles. The van der Waals surface area contributed by atoms with Crippen molar-refractivity contribution >= 4 is 28.2 Å². The molecule has 190 valence electrons. The van der Waals surface area contributed by atoms with Crippen LogP contribution in [-0.4, -0.2) is 69.4 Å². The third-order valence-corrected chi connectivity index (χ3v) is 6.88. The fourth-order valence-corrected chi connectivity index (χ4v) is 5.04. The van der Waals surface area contributed by atoms with E-state index in [4.69, 9.17) is 4.98 Å². The molecule has 37 heavy (non-hydrogen) atoms. The Labute approximate surface area is 215 Å². The van der Waals surface area contributed by atoms with Gasteiger partial charge in [-0.15, -0.1) is 0 Å². The Bertz CT molecular complexity index is 1480. The molecule has 3 aromatic heterocycles. The van der Waals surface area contributed by atoms with Crippen LogP contribution < -0.4 is 10.9 Å². The van der Waals surface area contributed by atoms with E-state index < -0.39 is 0 Å². The number of H-pyrrole nitrogens is 1. The molecule has 9 heteroatoms. The number of fused-ring (bicyclic) bond motifs is 1. The quantitative estimate of drug-likeness (QED) is 0.418. The van der Waals surface area contributed by atoms with E-state index in [-0.39, 0.29) is 11.5 Å². The number of hydrogen-bond donors (Lipinski definition) is 2. The summed E-state index contributed by atoms with van der Waals surface area (Å²) in [6.07, 6.45) is 8.43. The van der Waals surface area contributed by atoms with Crippen LogP contribution in [0.4, 0.5) is 11.5 Å². The standard InChI is InChI=1S/C28H31N7O2/c1-18-12-22(4-5-23(18)19-7-10-35(11-8-19)25(36)16-34(2)3)32-27-26-20(6-9-31-28(26)37)13-24(33-27)21-14-29-17-30-15-21/h4-6,9,12-15,17,19H,7-8,10-11,16H2,1-3H3,(H,31,37)(H,32,33). The smallest absolute Gasteiger partial charge is 0.259 e. The van der Waals surface area contributed by atoms with E-state index in [1.165, 1.54) is 17.5 Å². The van der Waals surface area contributed by atoms with Crippen molar-refractivity contribution in [1.29, 1.82) is 0 Å². The maximum atomic E-state index is 12.7. The lowest BCUT2D eigenvalue weighted by molar-refractivity contribution is -0.132. The number of nitrogens with zero attached hydrogens (tertiary/aromatic N) is 5. The van der Waals surface area contributed by atoms with Gasteiger partial charge in [-0.1, -0.05) is 6.07 Å². The van der Waals surface area contributed by atoms with Gasteiger partial charge in [0.25, 0.3) is 5.56 Å². The average Bonchev–Trinajstić information content (AvgIpc) is 2.89. The number of anilines is 2. The van der Waals surface area contributed by atoms with Gasteiger partial charge >= 0.3 is 0 Å². The summed E-state index contributed by atoms with van der Waals surface area (Å²) in [5.74, 6) is 1.09. The highest BCUT2D eigenvalue weighted by Crippen LogP contribution is 2.33. The fourth-order valence-electron chi connectivity index (χ4n) is 5.04. The number of pyridine rings is 2. The number of amides is 1. The second-order valence-electron chi connectivity index (χ2n) is 9.84. The molecule has 0 unspecified atom stereocenters. The Kier molecular flexibility index (Phi) is 6.96. The number of aromatic amines is 1. The first kappa shape index (κ1) is 24.6. The van der Waals surface area contributed by atoms with Crippen molar-refractivity contribution in [2.75, 3.05) is 39.0 Å². The summed E-state index contributed by atoms with van der Waals surface area (Å²) < 4.78 is 0. The van der Waals surface area contributed by atoms with E-state index in [0.717, 1.165) is 42.6 Å². The number of likely N-dealkylation sites (tertiary alicyclic amines) is 1. The molecule has 9 nitrogen and oxygen atoms in total. The number of aryl methyl sites for hydroxylation is 1. The summed E-state index contributed by atoms with van der Waals surface area (Å²) in [7, 11) is 3.84. The van der Waals surface area contributed by atoms with E-state index in [1.807, 2.05) is 42.1 Å².